The molecule has 0 N–H and O–H groups in total. The molecule has 0 bridgehead atoms. The molecule has 3 rings (SSSR count). The molecule has 1 aliphatic rings. The van der Waals surface area contributed by atoms with Crippen molar-refractivity contribution in [3.8, 4) is 11.5 Å². The average Bonchev–Trinajstić information content (AvgIpc) is 3.09. The highest BCUT2D eigenvalue weighted by Gasteiger charge is 2.32. The number of halogens is 1. The molecule has 0 unspecified atom stereocenters. The number of aliphatic imine (C=N–C) groups is 1. The van der Waals surface area contributed by atoms with E-state index in [1.165, 1.54) is 11.8 Å². The zero-order chi connectivity index (χ0) is 25.5. The fourth-order valence-electron chi connectivity index (χ4n) is 3.37. The van der Waals surface area contributed by atoms with Gasteiger partial charge in [0.05, 0.1) is 28.3 Å². The van der Waals surface area contributed by atoms with E-state index in [0.29, 0.717) is 39.2 Å². The number of nitrogens with zero attached hydrogens (tertiary/aromatic N) is 2. The van der Waals surface area contributed by atoms with Crippen LogP contribution in [0.1, 0.15) is 37.5 Å². The molecule has 0 radical (unpaired) electrons. The number of hydrogen-bond donors (Lipinski definition) is 0. The summed E-state index contributed by atoms with van der Waals surface area (Å²) in [7, 11) is 0. The Balaban J connectivity index is 1.92. The van der Waals surface area contributed by atoms with Crippen LogP contribution in [0.3, 0.4) is 0 Å². The van der Waals surface area contributed by atoms with E-state index >= 15 is 0 Å². The van der Waals surface area contributed by atoms with Crippen molar-refractivity contribution >= 4 is 56.5 Å². The van der Waals surface area contributed by atoms with Gasteiger partial charge in [0.1, 0.15) is 0 Å². The van der Waals surface area contributed by atoms with Gasteiger partial charge >= 0.3 is 5.97 Å². The molecular weight excluding hydrogens is 532 g/mol. The summed E-state index contributed by atoms with van der Waals surface area (Å²) in [5, 5.41) is 0.649. The number of esters is 1. The van der Waals surface area contributed by atoms with Gasteiger partial charge in [-0.05, 0) is 103 Å². The highest BCUT2D eigenvalue weighted by Crippen LogP contribution is 2.40. The first-order valence-corrected chi connectivity index (χ1v) is 13.0. The first-order valence-electron chi connectivity index (χ1n) is 11.4. The number of benzene rings is 2. The van der Waals surface area contributed by atoms with Crippen molar-refractivity contribution in [2.24, 2.45) is 4.99 Å². The van der Waals surface area contributed by atoms with E-state index in [9.17, 15) is 9.59 Å². The van der Waals surface area contributed by atoms with E-state index in [1.54, 1.807) is 17.9 Å². The maximum atomic E-state index is 13.1. The van der Waals surface area contributed by atoms with Crippen molar-refractivity contribution in [2.75, 3.05) is 26.4 Å². The Morgan fingerprint density at radius 3 is 2.57 bits per heavy atom. The standard InChI is InChI=1S/C26H29BrN2O5S/c1-6-29-25(31)22(35-26(29)28-20-11-16(4)9-10-17(20)5)14-18-12-19(27)24(21(13-18)32-7-2)34-15-23(30)33-8-3/h9-14H,6-8,15H2,1-5H3/b22-14+,28-26?. The number of thioether (sulfide) groups is 1. The van der Waals surface area contributed by atoms with E-state index < -0.39 is 5.97 Å². The second kappa shape index (κ2) is 12.3. The van der Waals surface area contributed by atoms with Crippen LogP contribution in [0.25, 0.3) is 6.08 Å². The van der Waals surface area contributed by atoms with Crippen molar-refractivity contribution in [1.29, 1.82) is 0 Å². The summed E-state index contributed by atoms with van der Waals surface area (Å²) in [6, 6.07) is 9.69. The number of carbonyl (C=O) groups excluding carboxylic acids is 2. The van der Waals surface area contributed by atoms with Crippen molar-refractivity contribution in [3.05, 3.63) is 56.4 Å². The van der Waals surface area contributed by atoms with Gasteiger partial charge in [-0.2, -0.15) is 0 Å². The van der Waals surface area contributed by atoms with Crippen LogP contribution in [0.15, 0.2) is 44.7 Å². The minimum atomic E-state index is -0.462. The predicted molar refractivity (Wildman–Crippen MR) is 143 cm³/mol. The van der Waals surface area contributed by atoms with Gasteiger partial charge < -0.3 is 14.2 Å². The normalized spacial score (nSPS) is 15.7. The number of amides is 1. The topological polar surface area (TPSA) is 77.4 Å². The molecule has 1 amide bonds. The Morgan fingerprint density at radius 1 is 1.11 bits per heavy atom. The first kappa shape index (κ1) is 26.8. The molecule has 1 saturated heterocycles. The Hall–Kier alpha value is -2.78. The highest BCUT2D eigenvalue weighted by molar-refractivity contribution is 9.10. The minimum Gasteiger partial charge on any atom is -0.490 e. The first-order chi connectivity index (χ1) is 16.8. The molecule has 0 aliphatic carbocycles. The molecule has 1 heterocycles. The summed E-state index contributed by atoms with van der Waals surface area (Å²) in [6.07, 6.45) is 1.81. The SMILES string of the molecule is CCOC(=O)COc1c(Br)cc(/C=C2/SC(=Nc3cc(C)ccc3C)N(CC)C2=O)cc1OCC. The molecule has 0 aromatic heterocycles. The van der Waals surface area contributed by atoms with Gasteiger partial charge in [0.15, 0.2) is 23.3 Å². The number of hydrogen-bond acceptors (Lipinski definition) is 7. The number of carbonyl (C=O) groups is 2. The average molecular weight is 561 g/mol. The molecule has 186 valence electrons. The highest BCUT2D eigenvalue weighted by atomic mass is 79.9. The lowest BCUT2D eigenvalue weighted by molar-refractivity contribution is -0.145. The van der Waals surface area contributed by atoms with Gasteiger partial charge in [0.2, 0.25) is 0 Å². The zero-order valence-corrected chi connectivity index (χ0v) is 22.9. The van der Waals surface area contributed by atoms with Gasteiger partial charge in [0.25, 0.3) is 5.91 Å². The quantitative estimate of drug-likeness (QED) is 0.275. The van der Waals surface area contributed by atoms with E-state index in [-0.39, 0.29) is 19.1 Å². The van der Waals surface area contributed by atoms with E-state index in [1.807, 2.05) is 58.0 Å². The molecule has 0 saturated carbocycles. The zero-order valence-electron chi connectivity index (χ0n) is 20.5. The summed E-state index contributed by atoms with van der Waals surface area (Å²) < 4.78 is 16.9. The van der Waals surface area contributed by atoms with Crippen molar-refractivity contribution < 1.29 is 23.8 Å². The second-order valence-corrected chi connectivity index (χ2v) is 9.56. The van der Waals surface area contributed by atoms with Crippen LogP contribution in [0.4, 0.5) is 5.69 Å². The van der Waals surface area contributed by atoms with E-state index in [2.05, 4.69) is 15.9 Å². The lowest BCUT2D eigenvalue weighted by Crippen LogP contribution is -2.28. The van der Waals surface area contributed by atoms with Crippen LogP contribution < -0.4 is 9.47 Å². The molecule has 2 aromatic carbocycles. The maximum Gasteiger partial charge on any atom is 0.344 e. The summed E-state index contributed by atoms with van der Waals surface area (Å²) in [4.78, 5) is 31.9. The molecule has 1 aliphatic heterocycles. The Kier molecular flexibility index (Phi) is 9.40. The van der Waals surface area contributed by atoms with Gasteiger partial charge in [-0.3, -0.25) is 9.69 Å². The van der Waals surface area contributed by atoms with Crippen molar-refractivity contribution in [3.63, 3.8) is 0 Å². The molecule has 2 aromatic rings. The summed E-state index contributed by atoms with van der Waals surface area (Å²) >= 11 is 4.85. The second-order valence-electron chi connectivity index (χ2n) is 7.70. The minimum absolute atomic E-state index is 0.0988. The number of amidine groups is 1. The number of rotatable bonds is 9. The van der Waals surface area contributed by atoms with Crippen LogP contribution in [-0.2, 0) is 14.3 Å². The number of likely N-dealkylation sites (N-methyl/N-ethyl adjacent to an activating group) is 1. The summed E-state index contributed by atoms with van der Waals surface area (Å²) in [6.45, 7) is 10.5. The number of aryl methyl sites for hydroxylation is 2. The van der Waals surface area contributed by atoms with Crippen molar-refractivity contribution in [1.82, 2.24) is 4.90 Å². The summed E-state index contributed by atoms with van der Waals surface area (Å²) in [5.74, 6) is 0.305. The smallest absolute Gasteiger partial charge is 0.344 e. The van der Waals surface area contributed by atoms with Crippen LogP contribution >= 0.6 is 27.7 Å². The predicted octanol–water partition coefficient (Wildman–Crippen LogP) is 6.03. The molecule has 9 heteroatoms. The fraction of sp³-hybridized carbons (Fsp3) is 0.346. The lowest BCUT2D eigenvalue weighted by atomic mass is 10.1. The van der Waals surface area contributed by atoms with Crippen LogP contribution in [0.2, 0.25) is 0 Å². The van der Waals surface area contributed by atoms with Gasteiger partial charge in [0, 0.05) is 6.54 Å². The Morgan fingerprint density at radius 2 is 1.89 bits per heavy atom. The van der Waals surface area contributed by atoms with Crippen LogP contribution in [0, 0.1) is 13.8 Å². The maximum absolute atomic E-state index is 13.1. The van der Waals surface area contributed by atoms with Gasteiger partial charge in [-0.25, -0.2) is 9.79 Å². The molecular formula is C26H29BrN2O5S. The number of ether oxygens (including phenoxy) is 3. The van der Waals surface area contributed by atoms with Crippen LogP contribution in [-0.4, -0.2) is 48.3 Å². The largest absolute Gasteiger partial charge is 0.490 e. The Labute approximate surface area is 218 Å². The molecule has 7 nitrogen and oxygen atoms in total. The fourth-order valence-corrected chi connectivity index (χ4v) is 5.00. The van der Waals surface area contributed by atoms with Crippen molar-refractivity contribution in [2.45, 2.75) is 34.6 Å². The molecule has 0 atom stereocenters. The van der Waals surface area contributed by atoms with Crippen LogP contribution in [0.5, 0.6) is 11.5 Å². The molecule has 1 fully saturated rings. The lowest BCUT2D eigenvalue weighted by Gasteiger charge is -2.14. The Bertz CT molecular complexity index is 1180. The van der Waals surface area contributed by atoms with Gasteiger partial charge in [-0.1, -0.05) is 12.1 Å². The van der Waals surface area contributed by atoms with E-state index in [4.69, 9.17) is 19.2 Å². The molecule has 35 heavy (non-hydrogen) atoms. The summed E-state index contributed by atoms with van der Waals surface area (Å²) in [5.41, 5.74) is 3.77. The molecule has 0 spiro atoms. The third-order valence-electron chi connectivity index (χ3n) is 5.05. The van der Waals surface area contributed by atoms with E-state index in [0.717, 1.165) is 22.4 Å². The van der Waals surface area contributed by atoms with Gasteiger partial charge in [-0.15, -0.1) is 0 Å². The third kappa shape index (κ3) is 6.67. The third-order valence-corrected chi connectivity index (χ3v) is 6.65. The monoisotopic (exact) mass is 560 g/mol.